The van der Waals surface area contributed by atoms with Crippen molar-refractivity contribution in [2.24, 2.45) is 0 Å². The SMILES string of the molecule is CCCN(CC(=O)Nc1ccc(Cl)cc1Cl)C(=O)Cn1cc(C)cn1. The van der Waals surface area contributed by atoms with E-state index in [1.54, 1.807) is 35.3 Å². The maximum atomic E-state index is 12.5. The average molecular weight is 383 g/mol. The van der Waals surface area contributed by atoms with Crippen LogP contribution in [-0.4, -0.2) is 39.6 Å². The zero-order valence-electron chi connectivity index (χ0n) is 14.1. The van der Waals surface area contributed by atoms with E-state index in [4.69, 9.17) is 23.2 Å². The first-order valence-corrected chi connectivity index (χ1v) is 8.66. The van der Waals surface area contributed by atoms with Crippen molar-refractivity contribution in [2.45, 2.75) is 26.8 Å². The normalized spacial score (nSPS) is 10.6. The van der Waals surface area contributed by atoms with E-state index in [-0.39, 0.29) is 24.9 Å². The molecule has 1 heterocycles. The van der Waals surface area contributed by atoms with Crippen LogP contribution in [-0.2, 0) is 16.1 Å². The molecule has 0 fully saturated rings. The average Bonchev–Trinajstić information content (AvgIpc) is 2.94. The van der Waals surface area contributed by atoms with Crippen LogP contribution in [0.1, 0.15) is 18.9 Å². The topological polar surface area (TPSA) is 67.2 Å². The molecule has 0 saturated carbocycles. The van der Waals surface area contributed by atoms with Gasteiger partial charge in [0.2, 0.25) is 11.8 Å². The van der Waals surface area contributed by atoms with Gasteiger partial charge in [0.25, 0.3) is 0 Å². The van der Waals surface area contributed by atoms with Gasteiger partial charge in [0.15, 0.2) is 0 Å². The van der Waals surface area contributed by atoms with Crippen LogP contribution in [0.15, 0.2) is 30.6 Å². The summed E-state index contributed by atoms with van der Waals surface area (Å²) in [5.41, 5.74) is 1.44. The number of hydrogen-bond donors (Lipinski definition) is 1. The molecule has 6 nitrogen and oxygen atoms in total. The van der Waals surface area contributed by atoms with Gasteiger partial charge in [0.1, 0.15) is 6.54 Å². The largest absolute Gasteiger partial charge is 0.332 e. The number of rotatable bonds is 7. The van der Waals surface area contributed by atoms with Crippen LogP contribution < -0.4 is 5.32 Å². The van der Waals surface area contributed by atoms with Crippen molar-refractivity contribution in [3.8, 4) is 0 Å². The van der Waals surface area contributed by atoms with Gasteiger partial charge in [-0.25, -0.2) is 0 Å². The van der Waals surface area contributed by atoms with Crippen molar-refractivity contribution in [3.05, 3.63) is 46.2 Å². The number of halogens is 2. The van der Waals surface area contributed by atoms with Crippen LogP contribution >= 0.6 is 23.2 Å². The molecule has 0 aliphatic heterocycles. The fourth-order valence-electron chi connectivity index (χ4n) is 2.31. The van der Waals surface area contributed by atoms with Gasteiger partial charge in [0, 0.05) is 17.8 Å². The standard InChI is InChI=1S/C17H20Cl2N4O2/c1-3-6-22(17(25)11-23-9-12(2)8-20-23)10-16(24)21-15-5-4-13(18)7-14(15)19/h4-5,7-9H,3,6,10-11H2,1-2H3,(H,21,24). The Bertz CT molecular complexity index is 761. The molecule has 0 bridgehead atoms. The van der Waals surface area contributed by atoms with Gasteiger partial charge in [-0.05, 0) is 37.1 Å². The number of aryl methyl sites for hydroxylation is 1. The predicted octanol–water partition coefficient (Wildman–Crippen LogP) is 3.38. The first kappa shape index (κ1) is 19.3. The molecule has 1 aromatic heterocycles. The summed E-state index contributed by atoms with van der Waals surface area (Å²) < 4.78 is 1.56. The molecule has 0 saturated heterocycles. The molecule has 1 aromatic carbocycles. The second-order valence-corrected chi connectivity index (χ2v) is 6.55. The second-order valence-electron chi connectivity index (χ2n) is 5.70. The van der Waals surface area contributed by atoms with Crippen LogP contribution in [0.4, 0.5) is 5.69 Å². The number of carbonyl (C=O) groups excluding carboxylic acids is 2. The van der Waals surface area contributed by atoms with Crippen LogP contribution in [0.3, 0.4) is 0 Å². The third kappa shape index (κ3) is 5.76. The number of benzene rings is 1. The lowest BCUT2D eigenvalue weighted by Gasteiger charge is -2.21. The summed E-state index contributed by atoms with van der Waals surface area (Å²) in [5, 5.41) is 7.64. The minimum absolute atomic E-state index is 0.0497. The lowest BCUT2D eigenvalue weighted by atomic mass is 10.3. The maximum absolute atomic E-state index is 12.5. The van der Waals surface area contributed by atoms with Gasteiger partial charge in [-0.3, -0.25) is 14.3 Å². The predicted molar refractivity (Wildman–Crippen MR) is 98.9 cm³/mol. The van der Waals surface area contributed by atoms with Gasteiger partial charge < -0.3 is 10.2 Å². The monoisotopic (exact) mass is 382 g/mol. The zero-order chi connectivity index (χ0) is 18.4. The Kier molecular flexibility index (Phi) is 6.84. The first-order valence-electron chi connectivity index (χ1n) is 7.90. The summed E-state index contributed by atoms with van der Waals surface area (Å²) in [7, 11) is 0. The molecule has 8 heteroatoms. The van der Waals surface area contributed by atoms with Gasteiger partial charge in [-0.1, -0.05) is 30.1 Å². The van der Waals surface area contributed by atoms with E-state index in [1.807, 2.05) is 13.8 Å². The fraction of sp³-hybridized carbons (Fsp3) is 0.353. The van der Waals surface area contributed by atoms with Crippen molar-refractivity contribution in [1.29, 1.82) is 0 Å². The van der Waals surface area contributed by atoms with Crippen LogP contribution in [0.25, 0.3) is 0 Å². The highest BCUT2D eigenvalue weighted by atomic mass is 35.5. The van der Waals surface area contributed by atoms with Crippen molar-refractivity contribution in [3.63, 3.8) is 0 Å². The van der Waals surface area contributed by atoms with E-state index in [9.17, 15) is 9.59 Å². The number of hydrogen-bond acceptors (Lipinski definition) is 3. The van der Waals surface area contributed by atoms with Gasteiger partial charge >= 0.3 is 0 Å². The summed E-state index contributed by atoms with van der Waals surface area (Å²) in [4.78, 5) is 26.2. The van der Waals surface area contributed by atoms with E-state index < -0.39 is 0 Å². The Hall–Kier alpha value is -2.05. The number of aromatic nitrogens is 2. The highest BCUT2D eigenvalue weighted by molar-refractivity contribution is 6.36. The fourth-order valence-corrected chi connectivity index (χ4v) is 2.76. The summed E-state index contributed by atoms with van der Waals surface area (Å²) in [6.07, 6.45) is 4.22. The van der Waals surface area contributed by atoms with Crippen molar-refractivity contribution in [2.75, 3.05) is 18.4 Å². The third-order valence-corrected chi connectivity index (χ3v) is 3.99. The molecule has 1 N–H and O–H groups in total. The molecule has 2 aromatic rings. The lowest BCUT2D eigenvalue weighted by molar-refractivity contribution is -0.135. The van der Waals surface area contributed by atoms with Gasteiger partial charge in [-0.15, -0.1) is 0 Å². The minimum Gasteiger partial charge on any atom is -0.332 e. The van der Waals surface area contributed by atoms with E-state index in [0.717, 1.165) is 12.0 Å². The summed E-state index contributed by atoms with van der Waals surface area (Å²) >= 11 is 11.9. The zero-order valence-corrected chi connectivity index (χ0v) is 15.6. The Morgan fingerprint density at radius 1 is 1.32 bits per heavy atom. The van der Waals surface area contributed by atoms with Crippen molar-refractivity contribution < 1.29 is 9.59 Å². The van der Waals surface area contributed by atoms with Gasteiger partial charge in [-0.2, -0.15) is 5.10 Å². The number of amides is 2. The molecule has 0 spiro atoms. The Morgan fingerprint density at radius 3 is 2.68 bits per heavy atom. The molecule has 0 aliphatic carbocycles. The Labute approximate surface area is 156 Å². The summed E-state index contributed by atoms with van der Waals surface area (Å²) in [5.74, 6) is -0.482. The Balaban J connectivity index is 1.99. The minimum atomic E-state index is -0.317. The highest BCUT2D eigenvalue weighted by Gasteiger charge is 2.18. The highest BCUT2D eigenvalue weighted by Crippen LogP contribution is 2.25. The molecular formula is C17H20Cl2N4O2. The summed E-state index contributed by atoms with van der Waals surface area (Å²) in [6, 6.07) is 4.81. The second kappa shape index (κ2) is 8.87. The van der Waals surface area contributed by atoms with Crippen LogP contribution in [0.2, 0.25) is 10.0 Å². The van der Waals surface area contributed by atoms with Crippen LogP contribution in [0, 0.1) is 6.92 Å². The maximum Gasteiger partial charge on any atom is 0.244 e. The molecule has 0 aliphatic rings. The van der Waals surface area contributed by atoms with E-state index in [2.05, 4.69) is 10.4 Å². The molecule has 0 unspecified atom stereocenters. The lowest BCUT2D eigenvalue weighted by Crippen LogP contribution is -2.40. The molecule has 0 radical (unpaired) electrons. The molecule has 2 rings (SSSR count). The molecule has 134 valence electrons. The van der Waals surface area contributed by atoms with Gasteiger partial charge in [0.05, 0.1) is 23.5 Å². The molecule has 0 atom stereocenters. The third-order valence-electron chi connectivity index (χ3n) is 3.45. The molecule has 25 heavy (non-hydrogen) atoms. The van der Waals surface area contributed by atoms with Crippen LogP contribution in [0.5, 0.6) is 0 Å². The van der Waals surface area contributed by atoms with E-state index >= 15 is 0 Å². The summed E-state index contributed by atoms with van der Waals surface area (Å²) in [6.45, 7) is 4.39. The van der Waals surface area contributed by atoms with E-state index in [0.29, 0.717) is 22.3 Å². The first-order chi connectivity index (χ1) is 11.9. The van der Waals surface area contributed by atoms with Crippen molar-refractivity contribution in [1.82, 2.24) is 14.7 Å². The van der Waals surface area contributed by atoms with E-state index in [1.165, 1.54) is 4.90 Å². The number of nitrogens with one attached hydrogen (secondary N) is 1. The number of nitrogens with zero attached hydrogens (tertiary/aromatic N) is 3. The smallest absolute Gasteiger partial charge is 0.244 e. The Morgan fingerprint density at radius 2 is 2.08 bits per heavy atom. The van der Waals surface area contributed by atoms with Crippen molar-refractivity contribution >= 4 is 40.7 Å². The number of carbonyl (C=O) groups is 2. The molecular weight excluding hydrogens is 363 g/mol. The quantitative estimate of drug-likeness (QED) is 0.797. The number of anilines is 1. The molecule has 2 amide bonds.